The SMILES string of the molecule is Cc1cccc(-c2nnc(S[C@H](C)C(=O)N(Cc3ccccc3)C(C)(C)C)o2)c1. The maximum absolute atomic E-state index is 13.2. The largest absolute Gasteiger partial charge is 0.411 e. The van der Waals surface area contributed by atoms with Crippen LogP contribution in [0.3, 0.4) is 0 Å². The molecule has 152 valence electrons. The molecular formula is C23H27N3O2S. The fourth-order valence-corrected chi connectivity index (χ4v) is 3.73. The smallest absolute Gasteiger partial charge is 0.277 e. The molecule has 0 saturated heterocycles. The fourth-order valence-electron chi connectivity index (χ4n) is 2.98. The van der Waals surface area contributed by atoms with Crippen LogP contribution in [0, 0.1) is 6.92 Å². The lowest BCUT2D eigenvalue weighted by Crippen LogP contribution is -2.48. The van der Waals surface area contributed by atoms with E-state index in [1.54, 1.807) is 0 Å². The minimum absolute atomic E-state index is 0.0432. The molecular weight excluding hydrogens is 382 g/mol. The number of aromatic nitrogens is 2. The van der Waals surface area contributed by atoms with E-state index in [-0.39, 0.29) is 16.7 Å². The molecule has 6 heteroatoms. The number of carbonyl (C=O) groups excluding carboxylic acids is 1. The van der Waals surface area contributed by atoms with Crippen molar-refractivity contribution in [3.63, 3.8) is 0 Å². The van der Waals surface area contributed by atoms with Crippen molar-refractivity contribution in [2.75, 3.05) is 0 Å². The summed E-state index contributed by atoms with van der Waals surface area (Å²) < 4.78 is 5.80. The van der Waals surface area contributed by atoms with Crippen LogP contribution in [0.4, 0.5) is 0 Å². The second-order valence-corrected chi connectivity index (χ2v) is 9.38. The average molecular weight is 410 g/mol. The minimum atomic E-state index is -0.344. The van der Waals surface area contributed by atoms with Gasteiger partial charge in [-0.15, -0.1) is 10.2 Å². The predicted molar refractivity (Wildman–Crippen MR) is 117 cm³/mol. The average Bonchev–Trinajstić information content (AvgIpc) is 3.14. The van der Waals surface area contributed by atoms with Crippen LogP contribution in [0.1, 0.15) is 38.8 Å². The van der Waals surface area contributed by atoms with Gasteiger partial charge in [0.05, 0.1) is 5.25 Å². The molecule has 3 rings (SSSR count). The Morgan fingerprint density at radius 1 is 1.10 bits per heavy atom. The third-order valence-electron chi connectivity index (χ3n) is 4.56. The zero-order valence-electron chi connectivity index (χ0n) is 17.5. The molecule has 3 aromatic rings. The zero-order valence-corrected chi connectivity index (χ0v) is 18.4. The first-order valence-corrected chi connectivity index (χ1v) is 10.5. The fraction of sp³-hybridized carbons (Fsp3) is 0.348. The summed E-state index contributed by atoms with van der Waals surface area (Å²) in [6, 6.07) is 17.9. The summed E-state index contributed by atoms with van der Waals surface area (Å²) in [7, 11) is 0. The molecule has 0 saturated carbocycles. The van der Waals surface area contributed by atoms with E-state index in [2.05, 4.69) is 10.2 Å². The Bertz CT molecular complexity index is 964. The van der Waals surface area contributed by atoms with Crippen molar-refractivity contribution in [2.24, 2.45) is 0 Å². The second-order valence-electron chi connectivity index (χ2n) is 8.08. The first-order valence-electron chi connectivity index (χ1n) is 9.66. The number of carbonyl (C=O) groups is 1. The number of benzene rings is 2. The van der Waals surface area contributed by atoms with Crippen LogP contribution < -0.4 is 0 Å². The molecule has 29 heavy (non-hydrogen) atoms. The molecule has 0 aliphatic heterocycles. The molecule has 1 atom stereocenters. The number of amides is 1. The Balaban J connectivity index is 1.73. The van der Waals surface area contributed by atoms with E-state index >= 15 is 0 Å². The van der Waals surface area contributed by atoms with Gasteiger partial charge in [-0.25, -0.2) is 0 Å². The molecule has 1 heterocycles. The lowest BCUT2D eigenvalue weighted by Gasteiger charge is -2.37. The highest BCUT2D eigenvalue weighted by molar-refractivity contribution is 8.00. The van der Waals surface area contributed by atoms with Crippen LogP contribution in [-0.2, 0) is 11.3 Å². The van der Waals surface area contributed by atoms with E-state index in [0.29, 0.717) is 17.7 Å². The summed E-state index contributed by atoms with van der Waals surface area (Å²) in [4.78, 5) is 15.1. The van der Waals surface area contributed by atoms with Gasteiger partial charge in [-0.1, -0.05) is 59.8 Å². The molecule has 2 aromatic carbocycles. The molecule has 0 bridgehead atoms. The maximum Gasteiger partial charge on any atom is 0.277 e. The summed E-state index contributed by atoms with van der Waals surface area (Å²) in [5, 5.41) is 8.32. The lowest BCUT2D eigenvalue weighted by atomic mass is 10.0. The normalized spacial score (nSPS) is 12.6. The minimum Gasteiger partial charge on any atom is -0.411 e. The monoisotopic (exact) mass is 409 g/mol. The van der Waals surface area contributed by atoms with E-state index in [0.717, 1.165) is 16.7 Å². The van der Waals surface area contributed by atoms with E-state index in [1.165, 1.54) is 11.8 Å². The van der Waals surface area contributed by atoms with Crippen molar-refractivity contribution in [3.05, 3.63) is 65.7 Å². The van der Waals surface area contributed by atoms with Crippen molar-refractivity contribution >= 4 is 17.7 Å². The molecule has 0 fully saturated rings. The van der Waals surface area contributed by atoms with Crippen molar-refractivity contribution in [1.29, 1.82) is 0 Å². The molecule has 5 nitrogen and oxygen atoms in total. The second kappa shape index (κ2) is 8.82. The van der Waals surface area contributed by atoms with Gasteiger partial charge in [0.25, 0.3) is 5.22 Å². The zero-order chi connectivity index (χ0) is 21.0. The molecule has 1 amide bonds. The van der Waals surface area contributed by atoms with Gasteiger partial charge in [0.2, 0.25) is 11.8 Å². The summed E-state index contributed by atoms with van der Waals surface area (Å²) in [5.74, 6) is 0.509. The maximum atomic E-state index is 13.2. The van der Waals surface area contributed by atoms with Gasteiger partial charge in [0, 0.05) is 17.6 Å². The summed E-state index contributed by atoms with van der Waals surface area (Å²) in [6.07, 6.45) is 0. The van der Waals surface area contributed by atoms with Crippen LogP contribution in [0.25, 0.3) is 11.5 Å². The van der Waals surface area contributed by atoms with Gasteiger partial charge in [-0.05, 0) is 52.3 Å². The molecule has 0 unspecified atom stereocenters. The molecule has 0 aliphatic rings. The van der Waals surface area contributed by atoms with Gasteiger partial charge in [-0.2, -0.15) is 0 Å². The third-order valence-corrected chi connectivity index (χ3v) is 5.48. The van der Waals surface area contributed by atoms with Crippen molar-refractivity contribution < 1.29 is 9.21 Å². The highest BCUT2D eigenvalue weighted by Gasteiger charge is 2.31. The van der Waals surface area contributed by atoms with E-state index in [9.17, 15) is 4.79 Å². The molecule has 1 aromatic heterocycles. The Kier molecular flexibility index (Phi) is 6.42. The summed E-state index contributed by atoms with van der Waals surface area (Å²) >= 11 is 1.29. The first-order chi connectivity index (χ1) is 13.7. The third kappa shape index (κ3) is 5.48. The van der Waals surface area contributed by atoms with Gasteiger partial charge >= 0.3 is 0 Å². The first kappa shape index (κ1) is 21.1. The van der Waals surface area contributed by atoms with E-state index in [4.69, 9.17) is 4.42 Å². The number of nitrogens with zero attached hydrogens (tertiary/aromatic N) is 3. The number of rotatable bonds is 6. The molecule has 0 aliphatic carbocycles. The van der Waals surface area contributed by atoms with Gasteiger partial charge in [0.15, 0.2) is 0 Å². The van der Waals surface area contributed by atoms with Crippen LogP contribution in [0.5, 0.6) is 0 Å². The van der Waals surface area contributed by atoms with E-state index < -0.39 is 0 Å². The van der Waals surface area contributed by atoms with Crippen molar-refractivity contribution in [2.45, 2.75) is 57.2 Å². The molecule has 0 radical (unpaired) electrons. The number of hydrogen-bond acceptors (Lipinski definition) is 5. The standard InChI is InChI=1S/C23H27N3O2S/c1-16-10-9-13-19(14-16)20-24-25-22(28-20)29-17(2)21(27)26(23(3,4)5)15-18-11-7-6-8-12-18/h6-14,17H,15H2,1-5H3/t17-/m1/s1. The number of thioether (sulfide) groups is 1. The summed E-state index contributed by atoms with van der Waals surface area (Å²) in [5.41, 5.74) is 2.81. The molecule has 0 N–H and O–H groups in total. The topological polar surface area (TPSA) is 59.2 Å². The van der Waals surface area contributed by atoms with Crippen molar-refractivity contribution in [1.82, 2.24) is 15.1 Å². The highest BCUT2D eigenvalue weighted by Crippen LogP contribution is 2.29. The van der Waals surface area contributed by atoms with Crippen LogP contribution in [-0.4, -0.2) is 31.8 Å². The quantitative estimate of drug-likeness (QED) is 0.514. The lowest BCUT2D eigenvalue weighted by molar-refractivity contribution is -0.135. The Hall–Kier alpha value is -2.60. The van der Waals surface area contributed by atoms with Crippen molar-refractivity contribution in [3.8, 4) is 11.5 Å². The Labute approximate surface area is 176 Å². The van der Waals surface area contributed by atoms with Gasteiger partial charge < -0.3 is 9.32 Å². The van der Waals surface area contributed by atoms with E-state index in [1.807, 2.05) is 94.1 Å². The molecule has 0 spiro atoms. The summed E-state index contributed by atoms with van der Waals surface area (Å²) in [6.45, 7) is 10.6. The highest BCUT2D eigenvalue weighted by atomic mass is 32.2. The number of hydrogen-bond donors (Lipinski definition) is 0. The Morgan fingerprint density at radius 3 is 2.48 bits per heavy atom. The number of aryl methyl sites for hydroxylation is 1. The van der Waals surface area contributed by atoms with Gasteiger partial charge in [0.1, 0.15) is 0 Å². The predicted octanol–water partition coefficient (Wildman–Crippen LogP) is 5.35. The van der Waals surface area contributed by atoms with Crippen LogP contribution in [0.2, 0.25) is 0 Å². The van der Waals surface area contributed by atoms with Crippen LogP contribution >= 0.6 is 11.8 Å². The Morgan fingerprint density at radius 2 is 1.83 bits per heavy atom. The van der Waals surface area contributed by atoms with Gasteiger partial charge in [-0.3, -0.25) is 4.79 Å². The van der Waals surface area contributed by atoms with Crippen LogP contribution in [0.15, 0.2) is 64.2 Å².